The quantitative estimate of drug-likeness (QED) is 0.573. The van der Waals surface area contributed by atoms with E-state index in [4.69, 9.17) is 9.47 Å². The van der Waals surface area contributed by atoms with Gasteiger partial charge in [-0.3, -0.25) is 9.69 Å². The fourth-order valence-corrected chi connectivity index (χ4v) is 3.14. The van der Waals surface area contributed by atoms with Crippen molar-refractivity contribution in [3.8, 4) is 5.75 Å². The second-order valence-electron chi connectivity index (χ2n) is 5.53. The molecule has 0 amide bonds. The Labute approximate surface area is 132 Å². The number of ether oxygens (including phenoxy) is 2. The lowest BCUT2D eigenvalue weighted by atomic mass is 9.81. The maximum Gasteiger partial charge on any atom is 0.183 e. The second-order valence-corrected chi connectivity index (χ2v) is 5.53. The molecule has 1 saturated heterocycles. The van der Waals surface area contributed by atoms with Gasteiger partial charge >= 0.3 is 0 Å². The number of rotatable bonds is 7. The Balaban J connectivity index is 2.33. The number of carbonyl (C=O) groups excluding carboxylic acids is 1. The monoisotopic (exact) mass is 303 g/mol. The molecule has 4 heteroatoms. The molecule has 1 fully saturated rings. The maximum absolute atomic E-state index is 13.2. The third-order valence-electron chi connectivity index (χ3n) is 4.46. The van der Waals surface area contributed by atoms with E-state index >= 15 is 0 Å². The van der Waals surface area contributed by atoms with Crippen LogP contribution in [0.1, 0.15) is 30.1 Å². The summed E-state index contributed by atoms with van der Waals surface area (Å²) in [5.41, 5.74) is 0.191. The zero-order valence-corrected chi connectivity index (χ0v) is 13.5. The van der Waals surface area contributed by atoms with Crippen LogP contribution in [0.25, 0.3) is 0 Å². The zero-order chi connectivity index (χ0) is 16.0. The smallest absolute Gasteiger partial charge is 0.183 e. The number of nitrogens with zero attached hydrogens (tertiary/aromatic N) is 1. The van der Waals surface area contributed by atoms with Gasteiger partial charge in [-0.15, -0.1) is 6.58 Å². The minimum Gasteiger partial charge on any atom is -0.497 e. The van der Waals surface area contributed by atoms with Crippen LogP contribution in [0.4, 0.5) is 0 Å². The van der Waals surface area contributed by atoms with Crippen LogP contribution >= 0.6 is 0 Å². The molecule has 1 aliphatic rings. The lowest BCUT2D eigenvalue weighted by Gasteiger charge is -2.43. The molecule has 1 heterocycles. The first-order valence-corrected chi connectivity index (χ1v) is 7.80. The predicted octanol–water partition coefficient (Wildman–Crippen LogP) is 2.94. The Bertz CT molecular complexity index is 506. The summed E-state index contributed by atoms with van der Waals surface area (Å²) in [6, 6.07) is 7.35. The summed E-state index contributed by atoms with van der Waals surface area (Å²) in [5, 5.41) is 0. The minimum atomic E-state index is -0.528. The average Bonchev–Trinajstić information content (AvgIpc) is 2.60. The summed E-state index contributed by atoms with van der Waals surface area (Å²) in [5.74, 6) is 0.910. The fraction of sp³-hybridized carbons (Fsp3) is 0.500. The van der Waals surface area contributed by atoms with Crippen LogP contribution in [0.5, 0.6) is 5.75 Å². The molecule has 0 saturated carbocycles. The van der Waals surface area contributed by atoms with Crippen LogP contribution in [0.3, 0.4) is 0 Å². The van der Waals surface area contributed by atoms with E-state index in [0.717, 1.165) is 30.8 Å². The van der Waals surface area contributed by atoms with Crippen molar-refractivity contribution < 1.29 is 14.3 Å². The topological polar surface area (TPSA) is 38.8 Å². The Hall–Kier alpha value is -1.65. The van der Waals surface area contributed by atoms with Gasteiger partial charge in [0.15, 0.2) is 5.78 Å². The zero-order valence-electron chi connectivity index (χ0n) is 13.5. The summed E-state index contributed by atoms with van der Waals surface area (Å²) >= 11 is 0. The normalized spacial score (nSPS) is 18.5. The van der Waals surface area contributed by atoms with Gasteiger partial charge in [-0.1, -0.05) is 13.0 Å². The molecule has 120 valence electrons. The Morgan fingerprint density at radius 1 is 1.36 bits per heavy atom. The summed E-state index contributed by atoms with van der Waals surface area (Å²) in [6.45, 7) is 8.84. The number of morpholine rings is 1. The number of benzene rings is 1. The third-order valence-corrected chi connectivity index (χ3v) is 4.46. The molecule has 1 aromatic carbocycles. The third kappa shape index (κ3) is 3.23. The molecule has 0 aromatic heterocycles. The molecule has 22 heavy (non-hydrogen) atoms. The molecule has 1 aliphatic heterocycles. The van der Waals surface area contributed by atoms with Crippen LogP contribution in [0.2, 0.25) is 0 Å². The molecule has 0 aliphatic carbocycles. The van der Waals surface area contributed by atoms with Crippen LogP contribution in [-0.2, 0) is 4.74 Å². The van der Waals surface area contributed by atoms with E-state index in [0.29, 0.717) is 19.6 Å². The lowest BCUT2D eigenvalue weighted by molar-refractivity contribution is -0.0154. The van der Waals surface area contributed by atoms with E-state index < -0.39 is 5.54 Å². The fourth-order valence-electron chi connectivity index (χ4n) is 3.14. The van der Waals surface area contributed by atoms with Crippen molar-refractivity contribution in [2.75, 3.05) is 33.4 Å². The Morgan fingerprint density at radius 2 is 2.00 bits per heavy atom. The average molecular weight is 303 g/mol. The minimum absolute atomic E-state index is 0.152. The number of hydrogen-bond acceptors (Lipinski definition) is 4. The van der Waals surface area contributed by atoms with Gasteiger partial charge in [0.1, 0.15) is 5.75 Å². The molecule has 0 bridgehead atoms. The highest BCUT2D eigenvalue weighted by atomic mass is 16.5. The molecule has 0 spiro atoms. The van der Waals surface area contributed by atoms with Crippen LogP contribution < -0.4 is 4.74 Å². The van der Waals surface area contributed by atoms with Crippen molar-refractivity contribution in [2.24, 2.45) is 0 Å². The predicted molar refractivity (Wildman–Crippen MR) is 87.6 cm³/mol. The summed E-state index contributed by atoms with van der Waals surface area (Å²) < 4.78 is 10.6. The van der Waals surface area contributed by atoms with E-state index in [1.807, 2.05) is 30.3 Å². The summed E-state index contributed by atoms with van der Waals surface area (Å²) in [7, 11) is 1.62. The first-order chi connectivity index (χ1) is 10.7. The first kappa shape index (κ1) is 16.7. The van der Waals surface area contributed by atoms with Crippen molar-refractivity contribution in [1.29, 1.82) is 0 Å². The largest absolute Gasteiger partial charge is 0.497 e. The van der Waals surface area contributed by atoms with Gasteiger partial charge in [-0.05, 0) is 37.1 Å². The van der Waals surface area contributed by atoms with E-state index in [-0.39, 0.29) is 5.78 Å². The van der Waals surface area contributed by atoms with Gasteiger partial charge in [0, 0.05) is 18.7 Å². The molecular formula is C18H25NO3. The number of ketones is 1. The molecule has 2 rings (SSSR count). The standard InChI is InChI=1S/C18H25NO3/c1-4-10-18(5-2,19-11-13-22-14-12-19)17(20)15-6-8-16(21-3)9-7-15/h4,6-9H,1,5,10-14H2,2-3H3. The van der Waals surface area contributed by atoms with Gasteiger partial charge in [-0.2, -0.15) is 0 Å². The number of carbonyl (C=O) groups is 1. The molecule has 1 atom stereocenters. The first-order valence-electron chi connectivity index (χ1n) is 7.80. The highest BCUT2D eigenvalue weighted by Crippen LogP contribution is 2.30. The Kier molecular flexibility index (Phi) is 5.75. The van der Waals surface area contributed by atoms with Crippen LogP contribution in [0.15, 0.2) is 36.9 Å². The van der Waals surface area contributed by atoms with Gasteiger partial charge in [0.2, 0.25) is 0 Å². The van der Waals surface area contributed by atoms with Crippen molar-refractivity contribution in [3.63, 3.8) is 0 Å². The molecule has 1 unspecified atom stereocenters. The van der Waals surface area contributed by atoms with Crippen molar-refractivity contribution in [3.05, 3.63) is 42.5 Å². The van der Waals surface area contributed by atoms with E-state index in [2.05, 4.69) is 18.4 Å². The SMILES string of the molecule is C=CCC(CC)(C(=O)c1ccc(OC)cc1)N1CCOCC1. The molecular weight excluding hydrogens is 278 g/mol. The Morgan fingerprint density at radius 3 is 2.50 bits per heavy atom. The van der Waals surface area contributed by atoms with E-state index in [1.165, 1.54) is 0 Å². The van der Waals surface area contributed by atoms with Gasteiger partial charge < -0.3 is 9.47 Å². The van der Waals surface area contributed by atoms with Gasteiger partial charge in [0.05, 0.1) is 25.9 Å². The summed E-state index contributed by atoms with van der Waals surface area (Å²) in [4.78, 5) is 15.5. The van der Waals surface area contributed by atoms with Crippen LogP contribution in [-0.4, -0.2) is 49.6 Å². The molecule has 4 nitrogen and oxygen atoms in total. The van der Waals surface area contributed by atoms with E-state index in [9.17, 15) is 4.79 Å². The van der Waals surface area contributed by atoms with Crippen molar-refractivity contribution >= 4 is 5.78 Å². The maximum atomic E-state index is 13.2. The lowest BCUT2D eigenvalue weighted by Crippen LogP contribution is -2.57. The molecule has 1 aromatic rings. The van der Waals surface area contributed by atoms with Gasteiger partial charge in [-0.25, -0.2) is 0 Å². The van der Waals surface area contributed by atoms with E-state index in [1.54, 1.807) is 7.11 Å². The molecule has 0 radical (unpaired) electrons. The van der Waals surface area contributed by atoms with Crippen molar-refractivity contribution in [2.45, 2.75) is 25.3 Å². The number of Topliss-reactive ketones (excluding diaryl/α,β-unsaturated/α-hetero) is 1. The number of methoxy groups -OCH3 is 1. The highest BCUT2D eigenvalue weighted by Gasteiger charge is 2.42. The summed E-state index contributed by atoms with van der Waals surface area (Å²) in [6.07, 6.45) is 3.25. The van der Waals surface area contributed by atoms with Crippen LogP contribution in [0, 0.1) is 0 Å². The molecule has 0 N–H and O–H groups in total. The van der Waals surface area contributed by atoms with Gasteiger partial charge in [0.25, 0.3) is 0 Å². The van der Waals surface area contributed by atoms with Crippen molar-refractivity contribution in [1.82, 2.24) is 4.90 Å². The highest BCUT2D eigenvalue weighted by molar-refractivity contribution is 6.03. The second kappa shape index (κ2) is 7.56. The number of hydrogen-bond donors (Lipinski definition) is 0.